The fraction of sp³-hybridized carbons (Fsp3) is 0.400. The first kappa shape index (κ1) is 12.8. The predicted octanol–water partition coefficient (Wildman–Crippen LogP) is 1.80. The summed E-state index contributed by atoms with van der Waals surface area (Å²) in [6.45, 7) is 0.608. The van der Waals surface area contributed by atoms with Gasteiger partial charge in [0.2, 0.25) is 0 Å². The number of thioether (sulfide) groups is 1. The number of hydrogen-bond donors (Lipinski definition) is 1. The Morgan fingerprint density at radius 3 is 2.81 bits per heavy atom. The van der Waals surface area contributed by atoms with Gasteiger partial charge in [-0.1, -0.05) is 0 Å². The maximum Gasteiger partial charge on any atom is 0.273 e. The van der Waals surface area contributed by atoms with Crippen molar-refractivity contribution in [2.24, 2.45) is 5.73 Å². The van der Waals surface area contributed by atoms with Crippen LogP contribution in [0.2, 0.25) is 0 Å². The summed E-state index contributed by atoms with van der Waals surface area (Å²) in [7, 11) is 1.50. The Balaban J connectivity index is 2.82. The molecule has 0 saturated heterocycles. The van der Waals surface area contributed by atoms with E-state index in [4.69, 9.17) is 10.5 Å². The van der Waals surface area contributed by atoms with Gasteiger partial charge in [0.05, 0.1) is 18.1 Å². The van der Waals surface area contributed by atoms with Crippen LogP contribution in [0.25, 0.3) is 0 Å². The van der Waals surface area contributed by atoms with E-state index in [1.807, 2.05) is 0 Å². The molecule has 1 rings (SSSR count). The summed E-state index contributed by atoms with van der Waals surface area (Å²) in [5.41, 5.74) is 6.31. The lowest BCUT2D eigenvalue weighted by atomic mass is 10.2. The zero-order valence-electron chi connectivity index (χ0n) is 9.01. The van der Waals surface area contributed by atoms with Crippen molar-refractivity contribution in [2.75, 3.05) is 19.4 Å². The third-order valence-corrected chi connectivity index (χ3v) is 2.99. The largest absolute Gasteiger partial charge is 0.496 e. The Bertz CT molecular complexity index is 371. The van der Waals surface area contributed by atoms with Crippen LogP contribution < -0.4 is 10.5 Å². The number of nitrogens with two attached hydrogens (primary N) is 1. The van der Waals surface area contributed by atoms with Crippen molar-refractivity contribution >= 4 is 17.4 Å². The number of methoxy groups -OCH3 is 1. The van der Waals surface area contributed by atoms with Gasteiger partial charge in [-0.2, -0.15) is 11.8 Å². The van der Waals surface area contributed by atoms with E-state index in [-0.39, 0.29) is 5.69 Å². The molecule has 16 heavy (non-hydrogen) atoms. The molecule has 0 aliphatic heterocycles. The van der Waals surface area contributed by atoms with Crippen LogP contribution in [0.1, 0.15) is 5.56 Å². The molecule has 0 bridgehead atoms. The molecule has 5 nitrogen and oxygen atoms in total. The molecule has 6 heteroatoms. The van der Waals surface area contributed by atoms with E-state index in [0.29, 0.717) is 18.0 Å². The van der Waals surface area contributed by atoms with Crippen molar-refractivity contribution in [3.8, 4) is 5.75 Å². The highest BCUT2D eigenvalue weighted by molar-refractivity contribution is 7.98. The molecule has 0 atom stereocenters. The first-order valence-corrected chi connectivity index (χ1v) is 5.93. The normalized spacial score (nSPS) is 10.1. The Hall–Kier alpha value is -1.27. The molecule has 2 N–H and O–H groups in total. The third kappa shape index (κ3) is 3.71. The van der Waals surface area contributed by atoms with Gasteiger partial charge >= 0.3 is 0 Å². The van der Waals surface area contributed by atoms with Gasteiger partial charge in [0.25, 0.3) is 5.69 Å². The summed E-state index contributed by atoms with van der Waals surface area (Å²) >= 11 is 1.64. The Kier molecular flexibility index (Phi) is 5.07. The average molecular weight is 242 g/mol. The number of nitro benzene ring substituents is 1. The second-order valence-corrected chi connectivity index (χ2v) is 4.24. The SMILES string of the molecule is COc1cc(CSCCN)cc([N+](=O)[O-])c1. The fourth-order valence-corrected chi connectivity index (χ4v) is 1.94. The van der Waals surface area contributed by atoms with Gasteiger partial charge in [0, 0.05) is 24.1 Å². The highest BCUT2D eigenvalue weighted by atomic mass is 32.2. The van der Waals surface area contributed by atoms with Crippen LogP contribution in [0.5, 0.6) is 5.75 Å². The number of ether oxygens (including phenoxy) is 1. The lowest BCUT2D eigenvalue weighted by molar-refractivity contribution is -0.385. The van der Waals surface area contributed by atoms with Crippen LogP contribution in [-0.2, 0) is 5.75 Å². The van der Waals surface area contributed by atoms with Crippen molar-refractivity contribution in [1.29, 1.82) is 0 Å². The fourth-order valence-electron chi connectivity index (χ4n) is 1.22. The van der Waals surface area contributed by atoms with Gasteiger partial charge in [0.1, 0.15) is 5.75 Å². The molecular weight excluding hydrogens is 228 g/mol. The molecule has 88 valence electrons. The number of rotatable bonds is 6. The van der Waals surface area contributed by atoms with Crippen molar-refractivity contribution in [2.45, 2.75) is 5.75 Å². The highest BCUT2D eigenvalue weighted by Crippen LogP contribution is 2.24. The Labute approximate surface area is 98.1 Å². The maximum atomic E-state index is 10.7. The summed E-state index contributed by atoms with van der Waals surface area (Å²) in [5.74, 6) is 2.05. The van der Waals surface area contributed by atoms with Gasteiger partial charge in [-0.15, -0.1) is 0 Å². The third-order valence-electron chi connectivity index (χ3n) is 1.93. The maximum absolute atomic E-state index is 10.7. The monoisotopic (exact) mass is 242 g/mol. The van der Waals surface area contributed by atoms with Crippen molar-refractivity contribution in [1.82, 2.24) is 0 Å². The Morgan fingerprint density at radius 2 is 2.25 bits per heavy atom. The molecule has 0 aromatic heterocycles. The summed E-state index contributed by atoms with van der Waals surface area (Å²) in [6.07, 6.45) is 0. The topological polar surface area (TPSA) is 78.4 Å². The minimum atomic E-state index is -0.417. The molecule has 0 heterocycles. The summed E-state index contributed by atoms with van der Waals surface area (Å²) in [6, 6.07) is 4.78. The Morgan fingerprint density at radius 1 is 1.50 bits per heavy atom. The molecule has 0 saturated carbocycles. The van der Waals surface area contributed by atoms with Crippen LogP contribution in [0.3, 0.4) is 0 Å². The van der Waals surface area contributed by atoms with E-state index >= 15 is 0 Å². The highest BCUT2D eigenvalue weighted by Gasteiger charge is 2.09. The van der Waals surface area contributed by atoms with E-state index in [9.17, 15) is 10.1 Å². The van der Waals surface area contributed by atoms with E-state index in [0.717, 1.165) is 11.3 Å². The zero-order chi connectivity index (χ0) is 12.0. The number of nitrogens with zero attached hydrogens (tertiary/aromatic N) is 1. The van der Waals surface area contributed by atoms with Crippen LogP contribution >= 0.6 is 11.8 Å². The first-order valence-electron chi connectivity index (χ1n) is 4.77. The first-order chi connectivity index (χ1) is 7.67. The molecule has 0 spiro atoms. The summed E-state index contributed by atoms with van der Waals surface area (Å²) in [4.78, 5) is 10.3. The van der Waals surface area contributed by atoms with Gasteiger partial charge in [-0.05, 0) is 11.6 Å². The van der Waals surface area contributed by atoms with Crippen molar-refractivity contribution in [3.63, 3.8) is 0 Å². The molecule has 0 amide bonds. The lowest BCUT2D eigenvalue weighted by Crippen LogP contribution is -2.01. The van der Waals surface area contributed by atoms with Gasteiger partial charge in [0.15, 0.2) is 0 Å². The van der Waals surface area contributed by atoms with Gasteiger partial charge in [-0.25, -0.2) is 0 Å². The van der Waals surface area contributed by atoms with Crippen LogP contribution in [-0.4, -0.2) is 24.3 Å². The second kappa shape index (κ2) is 6.34. The summed E-state index contributed by atoms with van der Waals surface area (Å²) in [5, 5.41) is 10.7. The molecule has 0 aliphatic rings. The standard InChI is InChI=1S/C10H14N2O3S/c1-15-10-5-8(7-16-3-2-11)4-9(6-10)12(13)14/h4-6H,2-3,7,11H2,1H3. The minimum absolute atomic E-state index is 0.0581. The number of nitro groups is 1. The smallest absolute Gasteiger partial charge is 0.273 e. The predicted molar refractivity (Wildman–Crippen MR) is 64.9 cm³/mol. The second-order valence-electron chi connectivity index (χ2n) is 3.14. The quantitative estimate of drug-likeness (QED) is 0.467. The van der Waals surface area contributed by atoms with E-state index in [2.05, 4.69) is 0 Å². The summed E-state index contributed by atoms with van der Waals surface area (Å²) < 4.78 is 5.01. The van der Waals surface area contributed by atoms with E-state index in [1.54, 1.807) is 23.9 Å². The van der Waals surface area contributed by atoms with Gasteiger partial charge in [-0.3, -0.25) is 10.1 Å². The van der Waals surface area contributed by atoms with Crippen LogP contribution in [0.15, 0.2) is 18.2 Å². The number of benzene rings is 1. The number of hydrogen-bond acceptors (Lipinski definition) is 5. The molecular formula is C10H14N2O3S. The lowest BCUT2D eigenvalue weighted by Gasteiger charge is -2.04. The number of non-ortho nitro benzene ring substituents is 1. The van der Waals surface area contributed by atoms with Gasteiger partial charge < -0.3 is 10.5 Å². The molecule has 0 fully saturated rings. The average Bonchev–Trinajstić information content (AvgIpc) is 2.29. The minimum Gasteiger partial charge on any atom is -0.496 e. The van der Waals surface area contributed by atoms with Crippen LogP contribution in [0.4, 0.5) is 5.69 Å². The van der Waals surface area contributed by atoms with E-state index in [1.165, 1.54) is 13.2 Å². The van der Waals surface area contributed by atoms with Crippen molar-refractivity contribution in [3.05, 3.63) is 33.9 Å². The van der Waals surface area contributed by atoms with E-state index < -0.39 is 4.92 Å². The molecule has 1 aromatic carbocycles. The molecule has 1 aromatic rings. The van der Waals surface area contributed by atoms with Crippen LogP contribution in [0, 0.1) is 10.1 Å². The van der Waals surface area contributed by atoms with Crippen molar-refractivity contribution < 1.29 is 9.66 Å². The zero-order valence-corrected chi connectivity index (χ0v) is 9.83. The molecule has 0 radical (unpaired) electrons. The molecule has 0 unspecified atom stereocenters. The molecule has 0 aliphatic carbocycles.